The van der Waals surface area contributed by atoms with Gasteiger partial charge in [-0.15, -0.1) is 0 Å². The first-order valence-electron chi connectivity index (χ1n) is 6.54. The maximum absolute atomic E-state index is 11.7. The van der Waals surface area contributed by atoms with Gasteiger partial charge in [0.1, 0.15) is 0 Å². The topological polar surface area (TPSA) is 66.4 Å². The SMILES string of the molecule is Cc1ccc(CCC(=O)NC(C)CCC(=O)O)cc1. The molecule has 2 N–H and O–H groups in total. The Hall–Kier alpha value is -1.84. The van der Waals surface area contributed by atoms with E-state index in [0.717, 1.165) is 5.56 Å². The maximum atomic E-state index is 11.7. The summed E-state index contributed by atoms with van der Waals surface area (Å²) < 4.78 is 0. The number of benzene rings is 1. The number of aryl methyl sites for hydroxylation is 2. The maximum Gasteiger partial charge on any atom is 0.303 e. The van der Waals surface area contributed by atoms with E-state index in [-0.39, 0.29) is 18.4 Å². The lowest BCUT2D eigenvalue weighted by Gasteiger charge is -2.12. The van der Waals surface area contributed by atoms with Crippen LogP contribution in [0.5, 0.6) is 0 Å². The Labute approximate surface area is 113 Å². The van der Waals surface area contributed by atoms with Crippen molar-refractivity contribution in [3.8, 4) is 0 Å². The van der Waals surface area contributed by atoms with Crippen molar-refractivity contribution < 1.29 is 14.7 Å². The first-order chi connectivity index (χ1) is 8.97. The molecule has 0 saturated carbocycles. The van der Waals surface area contributed by atoms with E-state index in [4.69, 9.17) is 5.11 Å². The average molecular weight is 263 g/mol. The number of carboxylic acids is 1. The average Bonchev–Trinajstić information content (AvgIpc) is 2.36. The normalized spacial score (nSPS) is 11.9. The van der Waals surface area contributed by atoms with Crippen LogP contribution in [0.4, 0.5) is 0 Å². The first-order valence-corrected chi connectivity index (χ1v) is 6.54. The molecule has 1 unspecified atom stereocenters. The van der Waals surface area contributed by atoms with Gasteiger partial charge in [0, 0.05) is 18.9 Å². The third-order valence-electron chi connectivity index (χ3n) is 2.96. The highest BCUT2D eigenvalue weighted by atomic mass is 16.4. The van der Waals surface area contributed by atoms with Gasteiger partial charge in [-0.3, -0.25) is 9.59 Å². The van der Waals surface area contributed by atoms with Gasteiger partial charge in [-0.1, -0.05) is 29.8 Å². The highest BCUT2D eigenvalue weighted by molar-refractivity contribution is 5.76. The molecule has 1 amide bonds. The zero-order valence-electron chi connectivity index (χ0n) is 11.5. The monoisotopic (exact) mass is 263 g/mol. The molecule has 19 heavy (non-hydrogen) atoms. The molecule has 0 fully saturated rings. The minimum absolute atomic E-state index is 0.0292. The van der Waals surface area contributed by atoms with Crippen LogP contribution in [0.1, 0.15) is 37.3 Å². The number of carbonyl (C=O) groups excluding carboxylic acids is 1. The summed E-state index contributed by atoms with van der Waals surface area (Å²) in [7, 11) is 0. The van der Waals surface area contributed by atoms with Crippen LogP contribution < -0.4 is 5.32 Å². The second-order valence-corrected chi connectivity index (χ2v) is 4.89. The van der Waals surface area contributed by atoms with Crippen LogP contribution in [-0.2, 0) is 16.0 Å². The zero-order valence-corrected chi connectivity index (χ0v) is 11.5. The molecular weight excluding hydrogens is 242 g/mol. The molecule has 1 aromatic rings. The van der Waals surface area contributed by atoms with Gasteiger partial charge in [0.25, 0.3) is 0 Å². The van der Waals surface area contributed by atoms with Gasteiger partial charge in [-0.25, -0.2) is 0 Å². The number of hydrogen-bond donors (Lipinski definition) is 2. The fourth-order valence-electron chi connectivity index (χ4n) is 1.77. The van der Waals surface area contributed by atoms with Crippen molar-refractivity contribution in [2.24, 2.45) is 0 Å². The minimum atomic E-state index is -0.833. The third kappa shape index (κ3) is 6.60. The van der Waals surface area contributed by atoms with Gasteiger partial charge >= 0.3 is 5.97 Å². The molecule has 4 heteroatoms. The molecular formula is C15H21NO3. The molecule has 0 spiro atoms. The van der Waals surface area contributed by atoms with Crippen molar-refractivity contribution in [3.63, 3.8) is 0 Å². The highest BCUT2D eigenvalue weighted by Gasteiger charge is 2.09. The number of nitrogens with one attached hydrogen (secondary N) is 1. The van der Waals surface area contributed by atoms with Gasteiger partial charge < -0.3 is 10.4 Å². The van der Waals surface area contributed by atoms with E-state index in [9.17, 15) is 9.59 Å². The van der Waals surface area contributed by atoms with Crippen LogP contribution >= 0.6 is 0 Å². The molecule has 0 radical (unpaired) electrons. The Morgan fingerprint density at radius 1 is 1.21 bits per heavy atom. The van der Waals surface area contributed by atoms with E-state index >= 15 is 0 Å². The fraction of sp³-hybridized carbons (Fsp3) is 0.467. The number of carboxylic acid groups (broad SMARTS) is 1. The molecule has 0 aliphatic carbocycles. The quantitative estimate of drug-likeness (QED) is 0.793. The van der Waals surface area contributed by atoms with E-state index in [1.807, 2.05) is 38.1 Å². The van der Waals surface area contributed by atoms with Crippen molar-refractivity contribution in [1.82, 2.24) is 5.32 Å². The summed E-state index contributed by atoms with van der Waals surface area (Å²) in [5.41, 5.74) is 2.34. The zero-order chi connectivity index (χ0) is 14.3. The van der Waals surface area contributed by atoms with E-state index in [1.165, 1.54) is 5.56 Å². The van der Waals surface area contributed by atoms with Crippen LogP contribution in [0.2, 0.25) is 0 Å². The second kappa shape index (κ2) is 7.56. The summed E-state index contributed by atoms with van der Waals surface area (Å²) >= 11 is 0. The molecule has 1 rings (SSSR count). The van der Waals surface area contributed by atoms with Gasteiger partial charge in [0.2, 0.25) is 5.91 Å². The fourth-order valence-corrected chi connectivity index (χ4v) is 1.77. The smallest absolute Gasteiger partial charge is 0.303 e. The van der Waals surface area contributed by atoms with Crippen molar-refractivity contribution >= 4 is 11.9 Å². The summed E-state index contributed by atoms with van der Waals surface area (Å²) in [4.78, 5) is 22.1. The summed E-state index contributed by atoms with van der Waals surface area (Å²) in [6, 6.07) is 8.01. The molecule has 0 saturated heterocycles. The Kier molecular flexibility index (Phi) is 6.06. The van der Waals surface area contributed by atoms with Crippen molar-refractivity contribution in [3.05, 3.63) is 35.4 Å². The van der Waals surface area contributed by atoms with Crippen LogP contribution in [-0.4, -0.2) is 23.0 Å². The van der Waals surface area contributed by atoms with Crippen LogP contribution in [0.15, 0.2) is 24.3 Å². The lowest BCUT2D eigenvalue weighted by Crippen LogP contribution is -2.33. The molecule has 1 atom stereocenters. The predicted octanol–water partition coefficient (Wildman–Crippen LogP) is 2.30. The summed E-state index contributed by atoms with van der Waals surface area (Å²) in [6.07, 6.45) is 1.68. The summed E-state index contributed by atoms with van der Waals surface area (Å²) in [5, 5.41) is 11.4. The number of aliphatic carboxylic acids is 1. The Balaban J connectivity index is 2.27. The van der Waals surface area contributed by atoms with Gasteiger partial charge in [-0.05, 0) is 32.3 Å². The van der Waals surface area contributed by atoms with Gasteiger partial charge in [0.15, 0.2) is 0 Å². The Morgan fingerprint density at radius 2 is 1.84 bits per heavy atom. The van der Waals surface area contributed by atoms with E-state index in [1.54, 1.807) is 0 Å². The van der Waals surface area contributed by atoms with Crippen LogP contribution in [0.3, 0.4) is 0 Å². The molecule has 0 heterocycles. The lowest BCUT2D eigenvalue weighted by molar-refractivity contribution is -0.137. The molecule has 0 aliphatic heterocycles. The predicted molar refractivity (Wildman–Crippen MR) is 74.0 cm³/mol. The first kappa shape index (κ1) is 15.2. The Morgan fingerprint density at radius 3 is 2.42 bits per heavy atom. The number of rotatable bonds is 7. The summed E-state index contributed by atoms with van der Waals surface area (Å²) in [6.45, 7) is 3.85. The molecule has 1 aromatic carbocycles. The molecule has 104 valence electrons. The lowest BCUT2D eigenvalue weighted by atomic mass is 10.1. The van der Waals surface area contributed by atoms with Crippen molar-refractivity contribution in [2.75, 3.05) is 0 Å². The molecule has 0 aliphatic rings. The molecule has 4 nitrogen and oxygen atoms in total. The molecule has 0 aromatic heterocycles. The highest BCUT2D eigenvalue weighted by Crippen LogP contribution is 2.06. The third-order valence-corrected chi connectivity index (χ3v) is 2.96. The Bertz CT molecular complexity index is 426. The number of carbonyl (C=O) groups is 2. The van der Waals surface area contributed by atoms with E-state index < -0.39 is 5.97 Å². The van der Waals surface area contributed by atoms with Gasteiger partial charge in [0.05, 0.1) is 0 Å². The van der Waals surface area contributed by atoms with E-state index in [0.29, 0.717) is 19.3 Å². The number of amides is 1. The van der Waals surface area contributed by atoms with Crippen LogP contribution in [0.25, 0.3) is 0 Å². The minimum Gasteiger partial charge on any atom is -0.481 e. The van der Waals surface area contributed by atoms with Gasteiger partial charge in [-0.2, -0.15) is 0 Å². The standard InChI is InChI=1S/C15H21NO3/c1-11-3-6-13(7-4-11)8-9-14(17)16-12(2)5-10-15(18)19/h3-4,6-7,12H,5,8-10H2,1-2H3,(H,16,17)(H,18,19). The second-order valence-electron chi connectivity index (χ2n) is 4.89. The van der Waals surface area contributed by atoms with Crippen LogP contribution in [0, 0.1) is 6.92 Å². The number of hydrogen-bond acceptors (Lipinski definition) is 2. The largest absolute Gasteiger partial charge is 0.481 e. The summed E-state index contributed by atoms with van der Waals surface area (Å²) in [5.74, 6) is -0.862. The van der Waals surface area contributed by atoms with Crippen molar-refractivity contribution in [2.45, 2.75) is 45.6 Å². The van der Waals surface area contributed by atoms with E-state index in [2.05, 4.69) is 5.32 Å². The molecule has 0 bridgehead atoms. The van der Waals surface area contributed by atoms with Crippen molar-refractivity contribution in [1.29, 1.82) is 0 Å².